The molecule has 31 heavy (non-hydrogen) atoms. The standard InChI is InChI=1S/C24H26N4O3/c1-2-15-13-22(29)27-28-23(15)17-7-10-20-21(12-17)31-24(26-20)16-5-8-19(9-6-16)30-14-18-4-3-11-25-18/h5-10,12,15,18,25H,2-4,11,13-14H2,1H3,(H,27,29)/t15?,18-/m1/s1. The molecule has 7 nitrogen and oxygen atoms in total. The van der Waals surface area contributed by atoms with Crippen LogP contribution in [0.25, 0.3) is 22.6 Å². The molecule has 160 valence electrons. The van der Waals surface area contributed by atoms with Crippen molar-refractivity contribution in [2.24, 2.45) is 11.0 Å². The van der Waals surface area contributed by atoms with E-state index < -0.39 is 0 Å². The zero-order chi connectivity index (χ0) is 21.2. The van der Waals surface area contributed by atoms with Gasteiger partial charge in [0, 0.05) is 29.5 Å². The third-order valence-electron chi connectivity index (χ3n) is 6.01. The van der Waals surface area contributed by atoms with E-state index >= 15 is 0 Å². The van der Waals surface area contributed by atoms with Gasteiger partial charge in [0.15, 0.2) is 5.58 Å². The van der Waals surface area contributed by atoms with Gasteiger partial charge in [-0.1, -0.05) is 13.0 Å². The smallest absolute Gasteiger partial charge is 0.240 e. The number of benzene rings is 2. The van der Waals surface area contributed by atoms with Crippen LogP contribution in [0.5, 0.6) is 5.75 Å². The minimum Gasteiger partial charge on any atom is -0.492 e. The summed E-state index contributed by atoms with van der Waals surface area (Å²) in [5.74, 6) is 1.49. The SMILES string of the molecule is CCC1CC(=O)NN=C1c1ccc2nc(-c3ccc(OC[C@H]4CCCN4)cc3)oc2c1. The van der Waals surface area contributed by atoms with E-state index in [1.165, 1.54) is 12.8 Å². The summed E-state index contributed by atoms with van der Waals surface area (Å²) in [6.45, 7) is 3.84. The molecule has 0 aliphatic carbocycles. The number of nitrogens with zero attached hydrogens (tertiary/aromatic N) is 2. The number of amides is 1. The number of oxazole rings is 1. The van der Waals surface area contributed by atoms with Crippen LogP contribution in [0.15, 0.2) is 52.0 Å². The third-order valence-corrected chi connectivity index (χ3v) is 6.01. The predicted molar refractivity (Wildman–Crippen MR) is 119 cm³/mol. The normalized spacial score (nSPS) is 21.2. The van der Waals surface area contributed by atoms with Gasteiger partial charge in [-0.3, -0.25) is 4.79 Å². The highest BCUT2D eigenvalue weighted by atomic mass is 16.5. The number of hydrazone groups is 1. The molecule has 0 spiro atoms. The van der Waals surface area contributed by atoms with Crippen molar-refractivity contribution in [2.75, 3.05) is 13.2 Å². The number of ether oxygens (including phenoxy) is 1. The molecule has 2 aromatic carbocycles. The van der Waals surface area contributed by atoms with E-state index in [0.717, 1.165) is 41.1 Å². The molecule has 3 aromatic rings. The number of rotatable bonds is 6. The van der Waals surface area contributed by atoms with Gasteiger partial charge in [-0.15, -0.1) is 0 Å². The Kier molecular flexibility index (Phi) is 5.42. The maximum absolute atomic E-state index is 11.7. The van der Waals surface area contributed by atoms with Crippen LogP contribution in [0.2, 0.25) is 0 Å². The first-order valence-corrected chi connectivity index (χ1v) is 10.9. The van der Waals surface area contributed by atoms with Crippen molar-refractivity contribution >= 4 is 22.7 Å². The molecule has 1 amide bonds. The Balaban J connectivity index is 1.34. The predicted octanol–water partition coefficient (Wildman–Crippen LogP) is 3.88. The van der Waals surface area contributed by atoms with Crippen molar-refractivity contribution in [3.05, 3.63) is 48.0 Å². The van der Waals surface area contributed by atoms with Gasteiger partial charge in [0.2, 0.25) is 11.8 Å². The molecule has 2 N–H and O–H groups in total. The van der Waals surface area contributed by atoms with Crippen molar-refractivity contribution in [2.45, 2.75) is 38.6 Å². The second-order valence-corrected chi connectivity index (χ2v) is 8.17. The summed E-state index contributed by atoms with van der Waals surface area (Å²) < 4.78 is 11.9. The van der Waals surface area contributed by atoms with Crippen LogP contribution in [0.3, 0.4) is 0 Å². The Morgan fingerprint density at radius 3 is 2.77 bits per heavy atom. The van der Waals surface area contributed by atoms with Crippen LogP contribution in [0.4, 0.5) is 0 Å². The van der Waals surface area contributed by atoms with Crippen LogP contribution in [0, 0.1) is 5.92 Å². The van der Waals surface area contributed by atoms with E-state index in [2.05, 4.69) is 27.8 Å². The summed E-state index contributed by atoms with van der Waals surface area (Å²) in [5.41, 5.74) is 6.83. The van der Waals surface area contributed by atoms with Crippen molar-refractivity contribution in [1.29, 1.82) is 0 Å². The van der Waals surface area contributed by atoms with Crippen molar-refractivity contribution < 1.29 is 13.9 Å². The number of carbonyl (C=O) groups is 1. The Morgan fingerprint density at radius 2 is 2.00 bits per heavy atom. The van der Waals surface area contributed by atoms with Crippen molar-refractivity contribution in [1.82, 2.24) is 15.7 Å². The monoisotopic (exact) mass is 418 g/mol. The zero-order valence-electron chi connectivity index (χ0n) is 17.6. The Morgan fingerprint density at radius 1 is 1.16 bits per heavy atom. The lowest BCUT2D eigenvalue weighted by Gasteiger charge is -2.21. The molecular formula is C24H26N4O3. The van der Waals surface area contributed by atoms with Gasteiger partial charge in [-0.25, -0.2) is 10.4 Å². The van der Waals surface area contributed by atoms with Crippen molar-refractivity contribution in [3.63, 3.8) is 0 Å². The van der Waals surface area contributed by atoms with Crippen LogP contribution < -0.4 is 15.5 Å². The van der Waals surface area contributed by atoms with E-state index in [9.17, 15) is 4.79 Å². The third kappa shape index (κ3) is 4.18. The van der Waals surface area contributed by atoms with E-state index in [-0.39, 0.29) is 11.8 Å². The molecule has 7 heteroatoms. The van der Waals surface area contributed by atoms with Crippen molar-refractivity contribution in [3.8, 4) is 17.2 Å². The lowest BCUT2D eigenvalue weighted by atomic mass is 9.90. The molecule has 0 bridgehead atoms. The first-order chi connectivity index (χ1) is 15.2. The van der Waals surface area contributed by atoms with Gasteiger partial charge in [0.1, 0.15) is 17.9 Å². The molecule has 3 heterocycles. The Bertz CT molecular complexity index is 1110. The summed E-state index contributed by atoms with van der Waals surface area (Å²) in [6, 6.07) is 14.2. The number of aromatic nitrogens is 1. The van der Waals surface area contributed by atoms with E-state index in [1.54, 1.807) is 0 Å². The van der Waals surface area contributed by atoms with E-state index in [1.807, 2.05) is 42.5 Å². The second kappa shape index (κ2) is 8.51. The van der Waals surface area contributed by atoms with Gasteiger partial charge in [-0.2, -0.15) is 5.10 Å². The van der Waals surface area contributed by atoms with Gasteiger partial charge < -0.3 is 14.5 Å². The fourth-order valence-electron chi connectivity index (χ4n) is 4.21. The molecule has 1 saturated heterocycles. The molecule has 0 radical (unpaired) electrons. The zero-order valence-corrected chi connectivity index (χ0v) is 17.6. The molecule has 1 fully saturated rings. The number of hydrogen-bond donors (Lipinski definition) is 2. The Labute approximate surface area is 180 Å². The number of nitrogens with one attached hydrogen (secondary N) is 2. The van der Waals surface area contributed by atoms with Gasteiger partial charge in [0.05, 0.1) is 5.71 Å². The maximum atomic E-state index is 11.7. The largest absolute Gasteiger partial charge is 0.492 e. The van der Waals surface area contributed by atoms with Crippen LogP contribution in [-0.4, -0.2) is 35.8 Å². The Hall–Kier alpha value is -3.19. The minimum absolute atomic E-state index is 0.0365. The van der Waals surface area contributed by atoms with E-state index in [4.69, 9.17) is 9.15 Å². The quantitative estimate of drug-likeness (QED) is 0.634. The number of carbonyl (C=O) groups excluding carboxylic acids is 1. The average molecular weight is 418 g/mol. The number of fused-ring (bicyclic) bond motifs is 1. The van der Waals surface area contributed by atoms with Crippen LogP contribution in [-0.2, 0) is 4.79 Å². The van der Waals surface area contributed by atoms with Crippen LogP contribution >= 0.6 is 0 Å². The summed E-state index contributed by atoms with van der Waals surface area (Å²) in [6.07, 6.45) is 3.70. The van der Waals surface area contributed by atoms with Gasteiger partial charge in [0.25, 0.3) is 0 Å². The topological polar surface area (TPSA) is 88.8 Å². The molecule has 1 unspecified atom stereocenters. The molecular weight excluding hydrogens is 392 g/mol. The van der Waals surface area contributed by atoms with Gasteiger partial charge in [-0.05, 0) is 62.2 Å². The molecule has 1 aromatic heterocycles. The summed E-state index contributed by atoms with van der Waals surface area (Å²) in [4.78, 5) is 16.3. The average Bonchev–Trinajstić information content (AvgIpc) is 3.47. The molecule has 2 aliphatic heterocycles. The lowest BCUT2D eigenvalue weighted by molar-refractivity contribution is -0.122. The van der Waals surface area contributed by atoms with Crippen LogP contribution in [0.1, 0.15) is 38.2 Å². The summed E-state index contributed by atoms with van der Waals surface area (Å²) in [7, 11) is 0. The molecule has 2 aliphatic rings. The van der Waals surface area contributed by atoms with E-state index in [0.29, 0.717) is 30.5 Å². The second-order valence-electron chi connectivity index (χ2n) is 8.17. The first-order valence-electron chi connectivity index (χ1n) is 10.9. The molecule has 0 saturated carbocycles. The van der Waals surface area contributed by atoms with Gasteiger partial charge >= 0.3 is 0 Å². The highest BCUT2D eigenvalue weighted by molar-refractivity contribution is 6.07. The lowest BCUT2D eigenvalue weighted by Crippen LogP contribution is -2.33. The number of hydrogen-bond acceptors (Lipinski definition) is 6. The highest BCUT2D eigenvalue weighted by Gasteiger charge is 2.24. The fourth-order valence-corrected chi connectivity index (χ4v) is 4.21. The summed E-state index contributed by atoms with van der Waals surface area (Å²) in [5, 5.41) is 7.73. The molecule has 2 atom stereocenters. The highest BCUT2D eigenvalue weighted by Crippen LogP contribution is 2.28. The first kappa shape index (κ1) is 19.8. The molecule has 5 rings (SSSR count). The fraction of sp³-hybridized carbons (Fsp3) is 0.375. The summed E-state index contributed by atoms with van der Waals surface area (Å²) >= 11 is 0. The minimum atomic E-state index is -0.0365. The maximum Gasteiger partial charge on any atom is 0.240 e.